The molecule has 4 unspecified atom stereocenters. The molecule has 3 aliphatic heterocycles. The molecule has 0 bridgehead atoms. The SMILES string of the molecule is O=C1CCC(N2C(=O)c3cccc(CNC4CCC5NCCCC5C4)c3C2=O)C(=O)N1. The number of piperidine rings is 2. The first-order valence-electron chi connectivity index (χ1n) is 11.3. The third-order valence-electron chi connectivity index (χ3n) is 7.28. The molecule has 8 nitrogen and oxygen atoms in total. The van der Waals surface area contributed by atoms with Crippen molar-refractivity contribution >= 4 is 23.6 Å². The highest BCUT2D eigenvalue weighted by molar-refractivity contribution is 6.24. The molecule has 1 aliphatic carbocycles. The fraction of sp³-hybridized carbons (Fsp3) is 0.565. The Balaban J connectivity index is 1.30. The molecule has 5 rings (SSSR count). The summed E-state index contributed by atoms with van der Waals surface area (Å²) in [5.74, 6) is -1.14. The van der Waals surface area contributed by atoms with Crippen LogP contribution in [-0.4, -0.2) is 53.2 Å². The van der Waals surface area contributed by atoms with E-state index >= 15 is 0 Å². The van der Waals surface area contributed by atoms with Gasteiger partial charge in [0.1, 0.15) is 6.04 Å². The summed E-state index contributed by atoms with van der Waals surface area (Å²) in [6.07, 6.45) is 6.17. The Bertz CT molecular complexity index is 946. The monoisotopic (exact) mass is 424 g/mol. The van der Waals surface area contributed by atoms with Crippen LogP contribution < -0.4 is 16.0 Å². The minimum Gasteiger partial charge on any atom is -0.314 e. The normalized spacial score (nSPS) is 30.8. The van der Waals surface area contributed by atoms with Crippen LogP contribution >= 0.6 is 0 Å². The van der Waals surface area contributed by atoms with Crippen molar-refractivity contribution in [1.29, 1.82) is 0 Å². The van der Waals surface area contributed by atoms with Gasteiger partial charge in [-0.2, -0.15) is 0 Å². The number of hydrogen-bond acceptors (Lipinski definition) is 6. The van der Waals surface area contributed by atoms with E-state index in [2.05, 4.69) is 16.0 Å². The largest absolute Gasteiger partial charge is 0.314 e. The van der Waals surface area contributed by atoms with E-state index in [-0.39, 0.29) is 18.7 Å². The lowest BCUT2D eigenvalue weighted by Gasteiger charge is -2.40. The summed E-state index contributed by atoms with van der Waals surface area (Å²) in [6.45, 7) is 1.64. The van der Waals surface area contributed by atoms with Gasteiger partial charge in [-0.25, -0.2) is 0 Å². The molecule has 4 atom stereocenters. The molecule has 3 heterocycles. The topological polar surface area (TPSA) is 108 Å². The van der Waals surface area contributed by atoms with Gasteiger partial charge >= 0.3 is 0 Å². The van der Waals surface area contributed by atoms with Gasteiger partial charge in [0.15, 0.2) is 0 Å². The van der Waals surface area contributed by atoms with Gasteiger partial charge in [0.2, 0.25) is 11.8 Å². The van der Waals surface area contributed by atoms with Gasteiger partial charge in [-0.15, -0.1) is 0 Å². The number of benzene rings is 1. The quantitative estimate of drug-likeness (QED) is 0.625. The van der Waals surface area contributed by atoms with E-state index in [1.807, 2.05) is 6.07 Å². The predicted octanol–water partition coefficient (Wildman–Crippen LogP) is 1.10. The summed E-state index contributed by atoms with van der Waals surface area (Å²) >= 11 is 0. The second kappa shape index (κ2) is 8.16. The zero-order chi connectivity index (χ0) is 21.5. The van der Waals surface area contributed by atoms with E-state index < -0.39 is 23.8 Å². The number of amides is 4. The highest BCUT2D eigenvalue weighted by Crippen LogP contribution is 2.32. The van der Waals surface area contributed by atoms with Gasteiger partial charge in [-0.05, 0) is 62.6 Å². The fourth-order valence-corrected chi connectivity index (χ4v) is 5.68. The second-order valence-electron chi connectivity index (χ2n) is 9.14. The van der Waals surface area contributed by atoms with Crippen molar-refractivity contribution < 1.29 is 19.2 Å². The summed E-state index contributed by atoms with van der Waals surface area (Å²) in [4.78, 5) is 50.9. The molecule has 0 spiro atoms. The number of carbonyl (C=O) groups excluding carboxylic acids is 4. The van der Waals surface area contributed by atoms with Crippen molar-refractivity contribution in [3.05, 3.63) is 34.9 Å². The Morgan fingerprint density at radius 1 is 1.03 bits per heavy atom. The molecule has 0 radical (unpaired) electrons. The number of hydrogen-bond donors (Lipinski definition) is 3. The maximum atomic E-state index is 13.2. The number of rotatable bonds is 4. The van der Waals surface area contributed by atoms with Crippen molar-refractivity contribution in [2.24, 2.45) is 5.92 Å². The lowest BCUT2D eigenvalue weighted by Crippen LogP contribution is -2.54. The van der Waals surface area contributed by atoms with Crippen LogP contribution in [0, 0.1) is 5.92 Å². The van der Waals surface area contributed by atoms with E-state index in [0.717, 1.165) is 36.3 Å². The van der Waals surface area contributed by atoms with Crippen molar-refractivity contribution in [3.8, 4) is 0 Å². The third-order valence-corrected chi connectivity index (χ3v) is 7.28. The Labute approximate surface area is 181 Å². The lowest BCUT2D eigenvalue weighted by atomic mass is 9.77. The van der Waals surface area contributed by atoms with Gasteiger partial charge in [0.05, 0.1) is 11.1 Å². The Hall–Kier alpha value is -2.58. The Morgan fingerprint density at radius 2 is 1.90 bits per heavy atom. The summed E-state index contributed by atoms with van der Waals surface area (Å²) < 4.78 is 0. The number of fused-ring (bicyclic) bond motifs is 2. The Kier molecular flexibility index (Phi) is 5.35. The van der Waals surface area contributed by atoms with E-state index in [1.165, 1.54) is 12.8 Å². The van der Waals surface area contributed by atoms with Crippen molar-refractivity contribution in [2.75, 3.05) is 6.54 Å². The maximum Gasteiger partial charge on any atom is 0.262 e. The molecule has 8 heteroatoms. The highest BCUT2D eigenvalue weighted by atomic mass is 16.2. The lowest BCUT2D eigenvalue weighted by molar-refractivity contribution is -0.136. The smallest absolute Gasteiger partial charge is 0.262 e. The van der Waals surface area contributed by atoms with Gasteiger partial charge in [-0.3, -0.25) is 29.4 Å². The van der Waals surface area contributed by atoms with Crippen LogP contribution in [0.2, 0.25) is 0 Å². The number of imide groups is 2. The van der Waals surface area contributed by atoms with Crippen molar-refractivity contribution in [1.82, 2.24) is 20.9 Å². The van der Waals surface area contributed by atoms with Crippen molar-refractivity contribution in [2.45, 2.75) is 69.6 Å². The summed E-state index contributed by atoms with van der Waals surface area (Å²) in [6, 6.07) is 5.41. The standard InChI is InChI=1S/C23H28N4O4/c28-19-9-8-18(21(29)26-19)27-22(30)16-5-1-3-14(20(16)23(27)31)12-25-15-6-7-17-13(11-15)4-2-10-24-17/h1,3,5,13,15,17-18,24-25H,2,4,6-12H2,(H,26,28,29). The molecule has 0 aromatic heterocycles. The van der Waals surface area contributed by atoms with Gasteiger partial charge in [0.25, 0.3) is 11.8 Å². The molecule has 31 heavy (non-hydrogen) atoms. The summed E-state index contributed by atoms with van der Waals surface area (Å²) in [5, 5.41) is 9.48. The molecule has 4 aliphatic rings. The third kappa shape index (κ3) is 3.68. The second-order valence-corrected chi connectivity index (χ2v) is 9.14. The predicted molar refractivity (Wildman–Crippen MR) is 112 cm³/mol. The van der Waals surface area contributed by atoms with Gasteiger partial charge in [0, 0.05) is 25.0 Å². The molecular formula is C23H28N4O4. The molecule has 3 fully saturated rings. The van der Waals surface area contributed by atoms with Crippen LogP contribution in [0.3, 0.4) is 0 Å². The fourth-order valence-electron chi connectivity index (χ4n) is 5.68. The van der Waals surface area contributed by atoms with E-state index in [1.54, 1.807) is 12.1 Å². The zero-order valence-corrected chi connectivity index (χ0v) is 17.5. The zero-order valence-electron chi connectivity index (χ0n) is 17.5. The molecule has 1 aromatic carbocycles. The number of nitrogens with zero attached hydrogens (tertiary/aromatic N) is 1. The van der Waals surface area contributed by atoms with Crippen LogP contribution in [0.1, 0.15) is 71.2 Å². The molecule has 4 amide bonds. The van der Waals surface area contributed by atoms with E-state index in [4.69, 9.17) is 0 Å². The van der Waals surface area contributed by atoms with Crippen molar-refractivity contribution in [3.63, 3.8) is 0 Å². The molecule has 2 saturated heterocycles. The summed E-state index contributed by atoms with van der Waals surface area (Å²) in [7, 11) is 0. The van der Waals surface area contributed by atoms with E-state index in [0.29, 0.717) is 35.7 Å². The van der Waals surface area contributed by atoms with Crippen LogP contribution in [-0.2, 0) is 16.1 Å². The molecule has 164 valence electrons. The van der Waals surface area contributed by atoms with Crippen LogP contribution in [0.5, 0.6) is 0 Å². The number of carbonyl (C=O) groups is 4. The molecule has 1 aromatic rings. The van der Waals surface area contributed by atoms with Crippen LogP contribution in [0.15, 0.2) is 18.2 Å². The Morgan fingerprint density at radius 3 is 2.74 bits per heavy atom. The molecule has 3 N–H and O–H groups in total. The maximum absolute atomic E-state index is 13.2. The first-order chi connectivity index (χ1) is 15.0. The number of nitrogens with one attached hydrogen (secondary N) is 3. The first-order valence-corrected chi connectivity index (χ1v) is 11.3. The molecular weight excluding hydrogens is 396 g/mol. The molecule has 1 saturated carbocycles. The summed E-state index contributed by atoms with van der Waals surface area (Å²) in [5.41, 5.74) is 1.52. The average Bonchev–Trinajstić information content (AvgIpc) is 3.03. The van der Waals surface area contributed by atoms with E-state index in [9.17, 15) is 19.2 Å². The first kappa shape index (κ1) is 20.3. The van der Waals surface area contributed by atoms with Crippen LogP contribution in [0.4, 0.5) is 0 Å². The van der Waals surface area contributed by atoms with Gasteiger partial charge < -0.3 is 10.6 Å². The van der Waals surface area contributed by atoms with Crippen LogP contribution in [0.25, 0.3) is 0 Å². The minimum atomic E-state index is -0.931. The average molecular weight is 425 g/mol. The highest BCUT2D eigenvalue weighted by Gasteiger charge is 2.45. The minimum absolute atomic E-state index is 0.122. The van der Waals surface area contributed by atoms with Gasteiger partial charge in [-0.1, -0.05) is 12.1 Å².